The Hall–Kier alpha value is -0.390. The molecule has 1 N–H and O–H groups in total. The third-order valence-corrected chi connectivity index (χ3v) is 3.86. The minimum absolute atomic E-state index is 0.887. The van der Waals surface area contributed by atoms with Crippen LogP contribution in [0.2, 0.25) is 0 Å². The summed E-state index contributed by atoms with van der Waals surface area (Å²) in [5.41, 5.74) is 1.37. The molecule has 16 heavy (non-hydrogen) atoms. The molecule has 0 bridgehead atoms. The van der Waals surface area contributed by atoms with E-state index >= 15 is 0 Å². The molecule has 0 fully saturated rings. The summed E-state index contributed by atoms with van der Waals surface area (Å²) < 4.78 is 1.95. The number of anilines is 1. The maximum atomic E-state index is 4.29. The van der Waals surface area contributed by atoms with Crippen LogP contribution >= 0.6 is 43.2 Å². The lowest BCUT2D eigenvalue weighted by Gasteiger charge is -2.06. The van der Waals surface area contributed by atoms with Gasteiger partial charge in [0.05, 0.1) is 4.47 Å². The minimum Gasteiger partial charge on any atom is -0.369 e. The smallest absolute Gasteiger partial charge is 0.140 e. The van der Waals surface area contributed by atoms with Crippen molar-refractivity contribution in [2.75, 3.05) is 11.9 Å². The van der Waals surface area contributed by atoms with Crippen molar-refractivity contribution in [1.82, 2.24) is 4.98 Å². The van der Waals surface area contributed by atoms with Gasteiger partial charge in [0.25, 0.3) is 0 Å². The number of hydrogen-bond acceptors (Lipinski definition) is 3. The Morgan fingerprint density at radius 2 is 2.25 bits per heavy atom. The number of halogens is 2. The topological polar surface area (TPSA) is 24.9 Å². The summed E-state index contributed by atoms with van der Waals surface area (Å²) in [6, 6.07) is 4.14. The molecule has 0 amide bonds. The molecule has 0 saturated carbocycles. The Morgan fingerprint density at radius 3 is 2.94 bits per heavy atom. The second kappa shape index (κ2) is 5.80. The van der Waals surface area contributed by atoms with Gasteiger partial charge in [-0.3, -0.25) is 0 Å². The van der Waals surface area contributed by atoms with E-state index in [-0.39, 0.29) is 0 Å². The minimum atomic E-state index is 0.887. The van der Waals surface area contributed by atoms with E-state index in [1.54, 1.807) is 17.5 Å². The van der Waals surface area contributed by atoms with Crippen molar-refractivity contribution in [3.63, 3.8) is 0 Å². The van der Waals surface area contributed by atoms with Crippen LogP contribution in [0.15, 0.2) is 38.0 Å². The Labute approximate surface area is 115 Å². The predicted octanol–water partition coefficient (Wildman–Crippen LogP) is 4.32. The van der Waals surface area contributed by atoms with Gasteiger partial charge in [-0.1, -0.05) is 0 Å². The van der Waals surface area contributed by atoms with E-state index < -0.39 is 0 Å². The fourth-order valence-electron chi connectivity index (χ4n) is 1.30. The number of nitrogens with one attached hydrogen (secondary N) is 1. The van der Waals surface area contributed by atoms with Crippen LogP contribution in [0.3, 0.4) is 0 Å². The van der Waals surface area contributed by atoms with Crippen LogP contribution in [-0.4, -0.2) is 11.5 Å². The first kappa shape index (κ1) is 12.1. The molecular formula is C11H10Br2N2S. The maximum absolute atomic E-state index is 4.29. The largest absolute Gasteiger partial charge is 0.369 e. The maximum Gasteiger partial charge on any atom is 0.140 e. The first-order chi connectivity index (χ1) is 7.75. The van der Waals surface area contributed by atoms with Gasteiger partial charge >= 0.3 is 0 Å². The summed E-state index contributed by atoms with van der Waals surface area (Å²) >= 11 is 8.58. The van der Waals surface area contributed by atoms with Crippen molar-refractivity contribution in [3.8, 4) is 0 Å². The molecular weight excluding hydrogens is 352 g/mol. The van der Waals surface area contributed by atoms with Crippen molar-refractivity contribution >= 4 is 49.0 Å². The average molecular weight is 362 g/mol. The number of pyridine rings is 1. The molecule has 2 aromatic heterocycles. The highest BCUT2D eigenvalue weighted by Gasteiger charge is 2.01. The van der Waals surface area contributed by atoms with Crippen LogP contribution < -0.4 is 5.32 Å². The lowest BCUT2D eigenvalue weighted by atomic mass is 10.2. The highest BCUT2D eigenvalue weighted by molar-refractivity contribution is 9.11. The van der Waals surface area contributed by atoms with Gasteiger partial charge < -0.3 is 5.32 Å². The van der Waals surface area contributed by atoms with E-state index in [1.807, 2.05) is 6.07 Å². The molecule has 2 aromatic rings. The first-order valence-corrected chi connectivity index (χ1v) is 7.34. The molecule has 0 aromatic carbocycles. The zero-order valence-electron chi connectivity index (χ0n) is 8.41. The van der Waals surface area contributed by atoms with Gasteiger partial charge in [-0.2, -0.15) is 11.3 Å². The summed E-state index contributed by atoms with van der Waals surface area (Å²) in [5.74, 6) is 0.887. The van der Waals surface area contributed by atoms with Gasteiger partial charge in [0.15, 0.2) is 0 Å². The molecule has 0 unspecified atom stereocenters. The van der Waals surface area contributed by atoms with E-state index in [9.17, 15) is 0 Å². The van der Waals surface area contributed by atoms with Crippen molar-refractivity contribution < 1.29 is 0 Å². The standard InChI is InChI=1S/C11H10Br2N2S/c12-9-5-10(13)11(15-6-9)14-3-1-8-2-4-16-7-8/h2,4-7H,1,3H2,(H,14,15). The van der Waals surface area contributed by atoms with E-state index in [1.165, 1.54) is 5.56 Å². The highest BCUT2D eigenvalue weighted by atomic mass is 79.9. The molecule has 2 rings (SSSR count). The molecule has 0 aliphatic carbocycles. The average Bonchev–Trinajstić information content (AvgIpc) is 2.74. The number of nitrogens with zero attached hydrogens (tertiary/aromatic N) is 1. The lowest BCUT2D eigenvalue weighted by Crippen LogP contribution is -2.06. The second-order valence-electron chi connectivity index (χ2n) is 3.29. The van der Waals surface area contributed by atoms with Crippen LogP contribution in [0.4, 0.5) is 5.82 Å². The van der Waals surface area contributed by atoms with Crippen molar-refractivity contribution in [2.24, 2.45) is 0 Å². The molecule has 2 heterocycles. The molecule has 0 spiro atoms. The van der Waals surface area contributed by atoms with Gasteiger partial charge in [-0.15, -0.1) is 0 Å². The van der Waals surface area contributed by atoms with Crippen LogP contribution in [0.5, 0.6) is 0 Å². The molecule has 5 heteroatoms. The Bertz CT molecular complexity index is 457. The number of hydrogen-bond donors (Lipinski definition) is 1. The van der Waals surface area contributed by atoms with Crippen LogP contribution in [0.25, 0.3) is 0 Å². The van der Waals surface area contributed by atoms with Gasteiger partial charge in [0.2, 0.25) is 0 Å². The monoisotopic (exact) mass is 360 g/mol. The molecule has 0 atom stereocenters. The van der Waals surface area contributed by atoms with Crippen LogP contribution in [-0.2, 0) is 6.42 Å². The van der Waals surface area contributed by atoms with Crippen LogP contribution in [0, 0.1) is 0 Å². The summed E-state index contributed by atoms with van der Waals surface area (Å²) in [6.45, 7) is 0.893. The van der Waals surface area contributed by atoms with E-state index in [4.69, 9.17) is 0 Å². The summed E-state index contributed by atoms with van der Waals surface area (Å²) in [4.78, 5) is 4.29. The molecule has 2 nitrogen and oxygen atoms in total. The van der Waals surface area contributed by atoms with Crippen LogP contribution in [0.1, 0.15) is 5.56 Å². The van der Waals surface area contributed by atoms with E-state index in [0.717, 1.165) is 27.7 Å². The van der Waals surface area contributed by atoms with Crippen molar-refractivity contribution in [1.29, 1.82) is 0 Å². The lowest BCUT2D eigenvalue weighted by molar-refractivity contribution is 1.01. The Kier molecular flexibility index (Phi) is 4.37. The molecule has 0 aliphatic heterocycles. The SMILES string of the molecule is Brc1cnc(NCCc2ccsc2)c(Br)c1. The predicted molar refractivity (Wildman–Crippen MR) is 76.1 cm³/mol. The van der Waals surface area contributed by atoms with Gasteiger partial charge in [-0.05, 0) is 66.7 Å². The first-order valence-electron chi connectivity index (χ1n) is 4.81. The van der Waals surface area contributed by atoms with Crippen molar-refractivity contribution in [3.05, 3.63) is 43.6 Å². The molecule has 0 aliphatic rings. The fraction of sp³-hybridized carbons (Fsp3) is 0.182. The fourth-order valence-corrected chi connectivity index (χ4v) is 3.14. The molecule has 0 radical (unpaired) electrons. The zero-order valence-corrected chi connectivity index (χ0v) is 12.4. The number of rotatable bonds is 4. The zero-order chi connectivity index (χ0) is 11.4. The van der Waals surface area contributed by atoms with E-state index in [2.05, 4.69) is 59.0 Å². The Morgan fingerprint density at radius 1 is 1.38 bits per heavy atom. The van der Waals surface area contributed by atoms with Gasteiger partial charge in [0, 0.05) is 17.2 Å². The number of thiophene rings is 1. The Balaban J connectivity index is 1.90. The summed E-state index contributed by atoms with van der Waals surface area (Å²) in [5, 5.41) is 7.58. The number of aromatic nitrogens is 1. The van der Waals surface area contributed by atoms with Gasteiger partial charge in [0.1, 0.15) is 5.82 Å². The summed E-state index contributed by atoms with van der Waals surface area (Å²) in [6.07, 6.45) is 2.81. The summed E-state index contributed by atoms with van der Waals surface area (Å²) in [7, 11) is 0. The van der Waals surface area contributed by atoms with E-state index in [0.29, 0.717) is 0 Å². The van der Waals surface area contributed by atoms with Gasteiger partial charge in [-0.25, -0.2) is 4.98 Å². The molecule has 84 valence electrons. The second-order valence-corrected chi connectivity index (χ2v) is 5.84. The normalized spacial score (nSPS) is 10.4. The third kappa shape index (κ3) is 3.30. The third-order valence-electron chi connectivity index (χ3n) is 2.09. The quantitative estimate of drug-likeness (QED) is 0.876. The van der Waals surface area contributed by atoms with Crippen molar-refractivity contribution in [2.45, 2.75) is 6.42 Å². The molecule has 0 saturated heterocycles. The highest BCUT2D eigenvalue weighted by Crippen LogP contribution is 2.23.